The molecule has 0 bridgehead atoms. The maximum Gasteiger partial charge on any atom is 0.332 e. The number of allylic oxidation sites excluding steroid dienone is 1. The zero-order chi connectivity index (χ0) is 15.3. The number of carboxylic acids is 2. The van der Waals surface area contributed by atoms with Crippen LogP contribution in [0.15, 0.2) is 35.9 Å². The highest BCUT2D eigenvalue weighted by Gasteiger charge is 2.29. The first-order valence-electron chi connectivity index (χ1n) is 6.09. The Morgan fingerprint density at radius 3 is 2.10 bits per heavy atom. The minimum Gasteiger partial charge on any atom is -0.481 e. The lowest BCUT2D eigenvalue weighted by molar-refractivity contribution is -0.143. The van der Waals surface area contributed by atoms with Crippen molar-refractivity contribution in [2.75, 3.05) is 0 Å². The fourth-order valence-electron chi connectivity index (χ4n) is 1.85. The van der Waals surface area contributed by atoms with Gasteiger partial charge < -0.3 is 10.2 Å². The SMILES string of the molecule is CC=C(C(=O)O)C(CC(=O)c1ccc(C)cc1)C(=O)O. The average molecular weight is 276 g/mol. The van der Waals surface area contributed by atoms with Gasteiger partial charge in [-0.15, -0.1) is 0 Å². The first-order valence-corrected chi connectivity index (χ1v) is 6.09. The summed E-state index contributed by atoms with van der Waals surface area (Å²) in [6, 6.07) is 6.70. The van der Waals surface area contributed by atoms with Gasteiger partial charge in [-0.2, -0.15) is 0 Å². The second-order valence-corrected chi connectivity index (χ2v) is 4.43. The Morgan fingerprint density at radius 2 is 1.70 bits per heavy atom. The van der Waals surface area contributed by atoms with Gasteiger partial charge in [-0.25, -0.2) is 4.79 Å². The molecule has 0 spiro atoms. The summed E-state index contributed by atoms with van der Waals surface area (Å²) in [5, 5.41) is 18.1. The summed E-state index contributed by atoms with van der Waals surface area (Å²) in [7, 11) is 0. The molecule has 5 nitrogen and oxygen atoms in total. The number of carbonyl (C=O) groups excluding carboxylic acids is 1. The fourth-order valence-corrected chi connectivity index (χ4v) is 1.85. The Kier molecular flexibility index (Phi) is 5.20. The highest BCUT2D eigenvalue weighted by molar-refractivity contribution is 6.01. The predicted molar refractivity (Wildman–Crippen MR) is 72.6 cm³/mol. The fraction of sp³-hybridized carbons (Fsp3) is 0.267. The van der Waals surface area contributed by atoms with Gasteiger partial charge in [0.15, 0.2) is 5.78 Å². The molecular weight excluding hydrogens is 260 g/mol. The zero-order valence-corrected chi connectivity index (χ0v) is 11.3. The standard InChI is InChI=1S/C15H16O5/c1-3-11(14(17)18)12(15(19)20)8-13(16)10-6-4-9(2)5-7-10/h3-7,12H,8H2,1-2H3,(H,17,18)(H,19,20). The van der Waals surface area contributed by atoms with Crippen molar-refractivity contribution in [2.24, 2.45) is 5.92 Å². The lowest BCUT2D eigenvalue weighted by atomic mass is 9.91. The lowest BCUT2D eigenvalue weighted by Crippen LogP contribution is -2.24. The first-order chi connectivity index (χ1) is 9.36. The second-order valence-electron chi connectivity index (χ2n) is 4.43. The monoisotopic (exact) mass is 276 g/mol. The van der Waals surface area contributed by atoms with Gasteiger partial charge in [0.05, 0.1) is 5.92 Å². The van der Waals surface area contributed by atoms with Gasteiger partial charge in [0.2, 0.25) is 0 Å². The van der Waals surface area contributed by atoms with Crippen molar-refractivity contribution in [1.29, 1.82) is 0 Å². The van der Waals surface area contributed by atoms with E-state index >= 15 is 0 Å². The summed E-state index contributed by atoms with van der Waals surface area (Å²) in [6.45, 7) is 3.31. The van der Waals surface area contributed by atoms with Crippen LogP contribution >= 0.6 is 0 Å². The number of carbonyl (C=O) groups is 3. The minimum atomic E-state index is -1.34. The molecule has 0 aliphatic heterocycles. The van der Waals surface area contributed by atoms with E-state index in [1.807, 2.05) is 6.92 Å². The van der Waals surface area contributed by atoms with Gasteiger partial charge >= 0.3 is 11.9 Å². The molecule has 1 atom stereocenters. The highest BCUT2D eigenvalue weighted by Crippen LogP contribution is 2.19. The third-order valence-corrected chi connectivity index (χ3v) is 2.99. The Labute approximate surface area is 116 Å². The van der Waals surface area contributed by atoms with Crippen LogP contribution in [0.5, 0.6) is 0 Å². The smallest absolute Gasteiger partial charge is 0.332 e. The first kappa shape index (κ1) is 15.6. The molecular formula is C15H16O5. The van der Waals surface area contributed by atoms with Crippen LogP contribution in [-0.4, -0.2) is 27.9 Å². The van der Waals surface area contributed by atoms with Crippen molar-refractivity contribution in [3.63, 3.8) is 0 Å². The number of rotatable bonds is 6. The molecule has 2 N–H and O–H groups in total. The number of benzene rings is 1. The number of ketones is 1. The molecule has 106 valence electrons. The van der Waals surface area contributed by atoms with Crippen molar-refractivity contribution >= 4 is 17.7 Å². The Morgan fingerprint density at radius 1 is 1.15 bits per heavy atom. The Hall–Kier alpha value is -2.43. The minimum absolute atomic E-state index is 0.280. The van der Waals surface area contributed by atoms with Crippen LogP contribution in [0.2, 0.25) is 0 Å². The second kappa shape index (κ2) is 6.65. The molecule has 0 heterocycles. The Balaban J connectivity index is 2.97. The van der Waals surface area contributed by atoms with Gasteiger partial charge in [-0.3, -0.25) is 9.59 Å². The van der Waals surface area contributed by atoms with E-state index in [1.54, 1.807) is 24.3 Å². The van der Waals surface area contributed by atoms with Gasteiger partial charge in [-0.05, 0) is 13.8 Å². The van der Waals surface area contributed by atoms with Crippen LogP contribution in [-0.2, 0) is 9.59 Å². The molecule has 1 rings (SSSR count). The summed E-state index contributed by atoms with van der Waals surface area (Å²) in [4.78, 5) is 34.2. The molecule has 0 aliphatic rings. The summed E-state index contributed by atoms with van der Waals surface area (Å²) in [5.41, 5.74) is 1.08. The van der Waals surface area contributed by atoms with E-state index in [1.165, 1.54) is 13.0 Å². The lowest BCUT2D eigenvalue weighted by Gasteiger charge is -2.12. The quantitative estimate of drug-likeness (QED) is 0.614. The van der Waals surface area contributed by atoms with Crippen LogP contribution in [0.1, 0.15) is 29.3 Å². The largest absolute Gasteiger partial charge is 0.481 e. The number of aryl methyl sites for hydroxylation is 1. The number of Topliss-reactive ketones (excluding diaryl/α,β-unsaturated/α-hetero) is 1. The number of aliphatic carboxylic acids is 2. The summed E-state index contributed by atoms with van der Waals surface area (Å²) < 4.78 is 0. The van der Waals surface area contributed by atoms with Crippen molar-refractivity contribution in [1.82, 2.24) is 0 Å². The van der Waals surface area contributed by atoms with E-state index < -0.39 is 23.6 Å². The normalized spacial score (nSPS) is 12.8. The zero-order valence-electron chi connectivity index (χ0n) is 11.3. The van der Waals surface area contributed by atoms with Gasteiger partial charge in [0, 0.05) is 17.6 Å². The van der Waals surface area contributed by atoms with E-state index in [0.29, 0.717) is 5.56 Å². The molecule has 0 radical (unpaired) electrons. The number of carboxylic acid groups (broad SMARTS) is 2. The van der Waals surface area contributed by atoms with E-state index in [2.05, 4.69) is 0 Å². The molecule has 1 aromatic rings. The van der Waals surface area contributed by atoms with Gasteiger partial charge in [0.1, 0.15) is 0 Å². The van der Waals surface area contributed by atoms with Crippen LogP contribution in [0, 0.1) is 12.8 Å². The van der Waals surface area contributed by atoms with E-state index in [9.17, 15) is 14.4 Å². The van der Waals surface area contributed by atoms with Crippen LogP contribution in [0.3, 0.4) is 0 Å². The van der Waals surface area contributed by atoms with Crippen molar-refractivity contribution in [3.8, 4) is 0 Å². The van der Waals surface area contributed by atoms with Crippen molar-refractivity contribution in [3.05, 3.63) is 47.0 Å². The highest BCUT2D eigenvalue weighted by atomic mass is 16.4. The summed E-state index contributed by atoms with van der Waals surface area (Å²) in [6.07, 6.45) is 0.841. The van der Waals surface area contributed by atoms with Crippen LogP contribution in [0.25, 0.3) is 0 Å². The molecule has 0 aliphatic carbocycles. The molecule has 1 aromatic carbocycles. The summed E-state index contributed by atoms with van der Waals surface area (Å²) in [5.74, 6) is -4.37. The number of hydrogen-bond donors (Lipinski definition) is 2. The maximum atomic E-state index is 12.0. The third-order valence-electron chi connectivity index (χ3n) is 2.99. The van der Waals surface area contributed by atoms with E-state index in [-0.39, 0.29) is 12.0 Å². The van der Waals surface area contributed by atoms with Crippen molar-refractivity contribution in [2.45, 2.75) is 20.3 Å². The third kappa shape index (κ3) is 3.78. The van der Waals surface area contributed by atoms with Crippen molar-refractivity contribution < 1.29 is 24.6 Å². The molecule has 0 amide bonds. The summed E-state index contributed by atoms with van der Waals surface area (Å²) >= 11 is 0. The topological polar surface area (TPSA) is 91.7 Å². The van der Waals surface area contributed by atoms with Crippen LogP contribution in [0.4, 0.5) is 0 Å². The van der Waals surface area contributed by atoms with E-state index in [0.717, 1.165) is 5.56 Å². The van der Waals surface area contributed by atoms with Crippen LogP contribution < -0.4 is 0 Å². The maximum absolute atomic E-state index is 12.0. The molecule has 0 saturated heterocycles. The Bertz CT molecular complexity index is 554. The molecule has 20 heavy (non-hydrogen) atoms. The molecule has 0 fully saturated rings. The molecule has 0 aromatic heterocycles. The molecule has 0 saturated carbocycles. The predicted octanol–water partition coefficient (Wildman–Crippen LogP) is 2.30. The van der Waals surface area contributed by atoms with Gasteiger partial charge in [-0.1, -0.05) is 35.9 Å². The molecule has 1 unspecified atom stereocenters. The number of hydrogen-bond acceptors (Lipinski definition) is 3. The van der Waals surface area contributed by atoms with E-state index in [4.69, 9.17) is 10.2 Å². The molecule has 5 heteroatoms. The average Bonchev–Trinajstić information content (AvgIpc) is 2.38. The van der Waals surface area contributed by atoms with Gasteiger partial charge in [0.25, 0.3) is 0 Å².